The van der Waals surface area contributed by atoms with Gasteiger partial charge in [-0.05, 0) is 55.7 Å². The quantitative estimate of drug-likeness (QED) is 0.473. The van der Waals surface area contributed by atoms with E-state index in [1.165, 1.54) is 12.8 Å². The van der Waals surface area contributed by atoms with Gasteiger partial charge >= 0.3 is 0 Å². The minimum absolute atomic E-state index is 0.0953. The number of nitrogens with zero attached hydrogens (tertiary/aromatic N) is 2. The molecule has 1 aromatic heterocycles. The lowest BCUT2D eigenvalue weighted by atomic mass is 9.93. The molecule has 2 aliphatic rings. The zero-order valence-corrected chi connectivity index (χ0v) is 21.1. The topological polar surface area (TPSA) is 63.6 Å². The van der Waals surface area contributed by atoms with Crippen LogP contribution in [0, 0.1) is 0 Å². The molecule has 1 atom stereocenters. The third kappa shape index (κ3) is 4.52. The average molecular weight is 494 g/mol. The summed E-state index contributed by atoms with van der Waals surface area (Å²) in [6.45, 7) is 2.59. The summed E-state index contributed by atoms with van der Waals surface area (Å²) in [5, 5.41) is 4.91. The fourth-order valence-corrected chi connectivity index (χ4v) is 5.57. The van der Waals surface area contributed by atoms with Crippen LogP contribution >= 0.6 is 11.6 Å². The van der Waals surface area contributed by atoms with Gasteiger partial charge in [-0.1, -0.05) is 49.4 Å². The molecule has 1 aliphatic carbocycles. The standard InChI is InChI=1S/C28H32ClN3O3/c1-28(27(34)30-22-7-5-3-4-6-8-22)18-31-24-16-23(35-2)14-11-20(24)15-25(31)26(33)32(28)17-19-9-12-21(29)13-10-19/h9-16,22H,3-8,17-18H2,1-2H3,(H,30,34)/t28-/m1/s1. The maximum Gasteiger partial charge on any atom is 0.271 e. The van der Waals surface area contributed by atoms with Crippen molar-refractivity contribution in [1.82, 2.24) is 14.8 Å². The monoisotopic (exact) mass is 493 g/mol. The van der Waals surface area contributed by atoms with Crippen LogP contribution in [0.25, 0.3) is 10.9 Å². The van der Waals surface area contributed by atoms with E-state index < -0.39 is 5.54 Å². The first-order valence-corrected chi connectivity index (χ1v) is 12.8. The van der Waals surface area contributed by atoms with Gasteiger partial charge in [0.1, 0.15) is 17.0 Å². The average Bonchev–Trinajstić information content (AvgIpc) is 3.01. The number of rotatable bonds is 5. The summed E-state index contributed by atoms with van der Waals surface area (Å²) in [5.74, 6) is 0.473. The number of hydrogen-bond donors (Lipinski definition) is 1. The van der Waals surface area contributed by atoms with Crippen molar-refractivity contribution in [3.05, 3.63) is 64.8 Å². The number of aromatic nitrogens is 1. The van der Waals surface area contributed by atoms with Crippen molar-refractivity contribution < 1.29 is 14.3 Å². The number of carbonyl (C=O) groups is 2. The van der Waals surface area contributed by atoms with Crippen LogP contribution in [0.1, 0.15) is 61.5 Å². The molecule has 0 unspecified atom stereocenters. The smallest absolute Gasteiger partial charge is 0.271 e. The van der Waals surface area contributed by atoms with Gasteiger partial charge in [0.25, 0.3) is 5.91 Å². The predicted molar refractivity (Wildman–Crippen MR) is 138 cm³/mol. The van der Waals surface area contributed by atoms with Crippen LogP contribution in [0.3, 0.4) is 0 Å². The van der Waals surface area contributed by atoms with Crippen molar-refractivity contribution in [2.45, 2.75) is 70.1 Å². The van der Waals surface area contributed by atoms with E-state index in [9.17, 15) is 9.59 Å². The number of hydrogen-bond acceptors (Lipinski definition) is 3. The second-order valence-corrected chi connectivity index (χ2v) is 10.4. The number of ether oxygens (including phenoxy) is 1. The molecule has 0 spiro atoms. The number of halogens is 1. The molecule has 2 amide bonds. The van der Waals surface area contributed by atoms with Crippen LogP contribution in [0.5, 0.6) is 5.75 Å². The number of carbonyl (C=O) groups excluding carboxylic acids is 2. The van der Waals surface area contributed by atoms with Crippen molar-refractivity contribution >= 4 is 34.3 Å². The molecule has 6 nitrogen and oxygen atoms in total. The summed E-state index contributed by atoms with van der Waals surface area (Å²) in [4.78, 5) is 29.6. The number of nitrogens with one attached hydrogen (secondary N) is 1. The third-order valence-electron chi connectivity index (χ3n) is 7.57. The third-order valence-corrected chi connectivity index (χ3v) is 7.82. The Morgan fingerprint density at radius 1 is 1.09 bits per heavy atom. The molecule has 2 heterocycles. The summed E-state index contributed by atoms with van der Waals surface area (Å²) < 4.78 is 7.41. The molecule has 184 valence electrons. The van der Waals surface area contributed by atoms with E-state index in [4.69, 9.17) is 16.3 Å². The van der Waals surface area contributed by atoms with Gasteiger partial charge in [0, 0.05) is 29.1 Å². The lowest BCUT2D eigenvalue weighted by Crippen LogP contribution is -2.64. The van der Waals surface area contributed by atoms with E-state index in [1.807, 2.05) is 60.0 Å². The van der Waals surface area contributed by atoms with E-state index in [1.54, 1.807) is 12.0 Å². The van der Waals surface area contributed by atoms with Gasteiger partial charge < -0.3 is 19.5 Å². The second kappa shape index (κ2) is 9.57. The Kier molecular flexibility index (Phi) is 6.49. The predicted octanol–water partition coefficient (Wildman–Crippen LogP) is 5.56. The summed E-state index contributed by atoms with van der Waals surface area (Å²) >= 11 is 6.09. The number of benzene rings is 2. The van der Waals surface area contributed by atoms with Gasteiger partial charge in [0.05, 0.1) is 19.2 Å². The zero-order chi connectivity index (χ0) is 24.6. The van der Waals surface area contributed by atoms with Gasteiger partial charge in [0.15, 0.2) is 0 Å². The van der Waals surface area contributed by atoms with Crippen LogP contribution in [0.2, 0.25) is 5.02 Å². The molecule has 5 rings (SSSR count). The van der Waals surface area contributed by atoms with Gasteiger partial charge in [-0.15, -0.1) is 0 Å². The SMILES string of the molecule is COc1ccc2cc3n(c2c1)C[C@](C)(C(=O)NC1CCCCCC1)N(Cc1ccc(Cl)cc1)C3=O. The molecule has 1 saturated carbocycles. The van der Waals surface area contributed by atoms with E-state index >= 15 is 0 Å². The molecular formula is C28H32ClN3O3. The highest BCUT2D eigenvalue weighted by molar-refractivity contribution is 6.30. The number of methoxy groups -OCH3 is 1. The van der Waals surface area contributed by atoms with E-state index in [0.29, 0.717) is 23.8 Å². The Balaban J connectivity index is 1.55. The highest BCUT2D eigenvalue weighted by Gasteiger charge is 2.48. The molecule has 0 saturated heterocycles. The molecule has 1 N–H and O–H groups in total. The van der Waals surface area contributed by atoms with Crippen molar-refractivity contribution in [2.24, 2.45) is 0 Å². The van der Waals surface area contributed by atoms with Crippen molar-refractivity contribution in [3.63, 3.8) is 0 Å². The summed E-state index contributed by atoms with van der Waals surface area (Å²) in [6.07, 6.45) is 6.66. The summed E-state index contributed by atoms with van der Waals surface area (Å²) in [6, 6.07) is 15.3. The first-order chi connectivity index (χ1) is 16.9. The van der Waals surface area contributed by atoms with Gasteiger partial charge in [-0.2, -0.15) is 0 Å². The maximum absolute atomic E-state index is 13.9. The maximum atomic E-state index is 13.9. The molecule has 3 aromatic rings. The van der Waals surface area contributed by atoms with Gasteiger partial charge in [-0.3, -0.25) is 9.59 Å². The summed E-state index contributed by atoms with van der Waals surface area (Å²) in [7, 11) is 1.63. The highest BCUT2D eigenvalue weighted by Crippen LogP contribution is 2.35. The molecule has 1 aliphatic heterocycles. The second-order valence-electron chi connectivity index (χ2n) is 9.99. The Morgan fingerprint density at radius 3 is 2.49 bits per heavy atom. The Labute approximate surface area is 211 Å². The van der Waals surface area contributed by atoms with Crippen LogP contribution in [-0.4, -0.2) is 40.0 Å². The molecule has 0 bridgehead atoms. The molecule has 0 radical (unpaired) electrons. The Bertz CT molecular complexity index is 1240. The number of amides is 2. The van der Waals surface area contributed by atoms with Gasteiger partial charge in [0.2, 0.25) is 5.91 Å². The highest BCUT2D eigenvalue weighted by atomic mass is 35.5. The van der Waals surface area contributed by atoms with E-state index in [2.05, 4.69) is 5.32 Å². The lowest BCUT2D eigenvalue weighted by Gasteiger charge is -2.44. The molecular weight excluding hydrogens is 462 g/mol. The normalized spacial score (nSPS) is 21.0. The van der Waals surface area contributed by atoms with Gasteiger partial charge in [-0.25, -0.2) is 0 Å². The van der Waals surface area contributed by atoms with Crippen LogP contribution in [0.4, 0.5) is 0 Å². The van der Waals surface area contributed by atoms with E-state index in [0.717, 1.165) is 47.9 Å². The van der Waals surface area contributed by atoms with Crippen LogP contribution in [-0.2, 0) is 17.9 Å². The first-order valence-electron chi connectivity index (χ1n) is 12.4. The molecule has 1 fully saturated rings. The summed E-state index contributed by atoms with van der Waals surface area (Å²) in [5.41, 5.74) is 1.36. The van der Waals surface area contributed by atoms with Crippen molar-refractivity contribution in [2.75, 3.05) is 7.11 Å². The fourth-order valence-electron chi connectivity index (χ4n) is 5.44. The Morgan fingerprint density at radius 2 is 1.80 bits per heavy atom. The molecule has 35 heavy (non-hydrogen) atoms. The minimum atomic E-state index is -1.05. The van der Waals surface area contributed by atoms with Crippen LogP contribution < -0.4 is 10.1 Å². The largest absolute Gasteiger partial charge is 0.497 e. The van der Waals surface area contributed by atoms with Crippen LogP contribution in [0.15, 0.2) is 48.5 Å². The minimum Gasteiger partial charge on any atom is -0.497 e. The first kappa shape index (κ1) is 23.7. The van der Waals surface area contributed by atoms with E-state index in [-0.39, 0.29) is 17.9 Å². The zero-order valence-electron chi connectivity index (χ0n) is 20.4. The Hall–Kier alpha value is -2.99. The molecule has 7 heteroatoms. The lowest BCUT2D eigenvalue weighted by molar-refractivity contribution is -0.134. The molecule has 2 aromatic carbocycles. The van der Waals surface area contributed by atoms with Crippen molar-refractivity contribution in [1.29, 1.82) is 0 Å². The number of fused-ring (bicyclic) bond motifs is 3. The fraction of sp³-hybridized carbons (Fsp3) is 0.429. The van der Waals surface area contributed by atoms with Crippen molar-refractivity contribution in [3.8, 4) is 5.75 Å².